The number of nitrogens with two attached hydrogens (primary N) is 1. The first-order valence-corrected chi connectivity index (χ1v) is 9.30. The number of nitrogens with one attached hydrogen (secondary N) is 2. The molecule has 0 aliphatic heterocycles. The van der Waals surface area contributed by atoms with Crippen LogP contribution in [0, 0.1) is 0 Å². The van der Waals surface area contributed by atoms with E-state index in [1.54, 1.807) is 6.33 Å². The van der Waals surface area contributed by atoms with Gasteiger partial charge in [-0.05, 0) is 37.0 Å². The van der Waals surface area contributed by atoms with Crippen LogP contribution in [0.4, 0.5) is 0 Å². The molecule has 2 aromatic heterocycles. The van der Waals surface area contributed by atoms with Crippen LogP contribution in [0.25, 0.3) is 0 Å². The van der Waals surface area contributed by atoms with Gasteiger partial charge in [0.25, 0.3) is 0 Å². The summed E-state index contributed by atoms with van der Waals surface area (Å²) in [7, 11) is 0. The number of nitrogens with zero attached hydrogens (tertiary/aromatic N) is 3. The summed E-state index contributed by atoms with van der Waals surface area (Å²) in [4.78, 5) is 16.0. The summed E-state index contributed by atoms with van der Waals surface area (Å²) >= 11 is 0. The number of benzene rings is 1. The highest BCUT2D eigenvalue weighted by Gasteiger charge is 2.14. The maximum atomic E-state index is 6.00. The molecule has 0 saturated carbocycles. The van der Waals surface area contributed by atoms with E-state index in [1.807, 2.05) is 30.6 Å². The number of pyridine rings is 1. The Morgan fingerprint density at radius 2 is 2.00 bits per heavy atom. The molecule has 1 aromatic carbocycles. The average molecular weight is 362 g/mol. The van der Waals surface area contributed by atoms with Gasteiger partial charge in [0.2, 0.25) is 0 Å². The number of guanidine groups is 1. The van der Waals surface area contributed by atoms with Crippen molar-refractivity contribution in [3.8, 4) is 0 Å². The molecule has 6 nitrogen and oxygen atoms in total. The number of imidazole rings is 1. The van der Waals surface area contributed by atoms with E-state index in [0.717, 1.165) is 37.2 Å². The molecular formula is C21H26N6. The maximum Gasteiger partial charge on any atom is 0.188 e. The molecule has 140 valence electrons. The number of hydrogen-bond acceptors (Lipinski definition) is 3. The van der Waals surface area contributed by atoms with Crippen molar-refractivity contribution in [2.45, 2.75) is 25.2 Å². The first kappa shape index (κ1) is 18.6. The molecule has 4 N–H and O–H groups in total. The van der Waals surface area contributed by atoms with Crippen LogP contribution in [0.3, 0.4) is 0 Å². The van der Waals surface area contributed by atoms with Crippen molar-refractivity contribution < 1.29 is 0 Å². The maximum absolute atomic E-state index is 6.00. The molecule has 0 fully saturated rings. The van der Waals surface area contributed by atoms with Gasteiger partial charge in [0.05, 0.1) is 6.33 Å². The molecule has 0 aliphatic rings. The van der Waals surface area contributed by atoms with Gasteiger partial charge in [-0.15, -0.1) is 0 Å². The number of aliphatic imine (C=N–C) groups is 1. The Labute approximate surface area is 160 Å². The van der Waals surface area contributed by atoms with Crippen LogP contribution < -0.4 is 11.1 Å². The molecule has 0 radical (unpaired) electrons. The fourth-order valence-corrected chi connectivity index (χ4v) is 3.04. The predicted molar refractivity (Wildman–Crippen MR) is 109 cm³/mol. The van der Waals surface area contributed by atoms with Crippen LogP contribution >= 0.6 is 0 Å². The number of aryl methyl sites for hydroxylation is 1. The van der Waals surface area contributed by atoms with Gasteiger partial charge in [0, 0.05) is 42.8 Å². The topological polar surface area (TPSA) is 92.0 Å². The highest BCUT2D eigenvalue weighted by atomic mass is 15.1. The zero-order valence-electron chi connectivity index (χ0n) is 15.4. The van der Waals surface area contributed by atoms with Crippen molar-refractivity contribution >= 4 is 5.96 Å². The van der Waals surface area contributed by atoms with Crippen molar-refractivity contribution in [1.82, 2.24) is 20.3 Å². The Bertz CT molecular complexity index is 760. The third kappa shape index (κ3) is 5.95. The Kier molecular flexibility index (Phi) is 6.98. The second-order valence-electron chi connectivity index (χ2n) is 6.38. The zero-order valence-corrected chi connectivity index (χ0v) is 15.4. The summed E-state index contributed by atoms with van der Waals surface area (Å²) in [5, 5.41) is 3.23. The summed E-state index contributed by atoms with van der Waals surface area (Å²) in [6.07, 6.45) is 8.13. The van der Waals surface area contributed by atoms with Gasteiger partial charge in [-0.2, -0.15) is 0 Å². The van der Waals surface area contributed by atoms with Gasteiger partial charge in [-0.25, -0.2) is 4.98 Å². The van der Waals surface area contributed by atoms with E-state index in [2.05, 4.69) is 55.6 Å². The molecule has 0 spiro atoms. The number of H-pyrrole nitrogens is 1. The normalized spacial score (nSPS) is 12.7. The largest absolute Gasteiger partial charge is 0.370 e. The lowest BCUT2D eigenvalue weighted by atomic mass is 9.92. The smallest absolute Gasteiger partial charge is 0.188 e. The summed E-state index contributed by atoms with van der Waals surface area (Å²) in [6.45, 7) is 1.44. The van der Waals surface area contributed by atoms with Crippen molar-refractivity contribution in [3.05, 3.63) is 84.2 Å². The molecule has 27 heavy (non-hydrogen) atoms. The Morgan fingerprint density at radius 1 is 1.15 bits per heavy atom. The Morgan fingerprint density at radius 3 is 2.74 bits per heavy atom. The summed E-state index contributed by atoms with van der Waals surface area (Å²) in [6, 6.07) is 16.5. The minimum atomic E-state index is 0.230. The Hall–Kier alpha value is -3.15. The molecule has 1 atom stereocenters. The van der Waals surface area contributed by atoms with E-state index in [1.165, 1.54) is 5.56 Å². The summed E-state index contributed by atoms with van der Waals surface area (Å²) in [5.74, 6) is 0.723. The molecule has 0 aliphatic carbocycles. The predicted octanol–water partition coefficient (Wildman–Crippen LogP) is 2.86. The lowest BCUT2D eigenvalue weighted by Gasteiger charge is -2.17. The van der Waals surface area contributed by atoms with Crippen LogP contribution in [0.15, 0.2) is 72.2 Å². The van der Waals surface area contributed by atoms with Crippen molar-refractivity contribution in [3.63, 3.8) is 0 Å². The van der Waals surface area contributed by atoms with Gasteiger partial charge < -0.3 is 16.0 Å². The monoisotopic (exact) mass is 362 g/mol. The standard InChI is InChI=1S/C21H26N6/c22-21(25-13-6-9-18-15-23-16-27-18)26-14-11-19(17-7-2-1-3-8-17)20-10-4-5-12-24-20/h1-5,7-8,10,12,15-16,19H,6,9,11,13-14H2,(H,23,27)(H3,22,25,26). The van der Waals surface area contributed by atoms with E-state index in [9.17, 15) is 0 Å². The van der Waals surface area contributed by atoms with Crippen LogP contribution in [0.1, 0.15) is 35.7 Å². The van der Waals surface area contributed by atoms with Crippen LogP contribution in [0.2, 0.25) is 0 Å². The number of rotatable bonds is 9. The fourth-order valence-electron chi connectivity index (χ4n) is 3.04. The SMILES string of the molecule is NC(=NCCCc1cnc[nH]1)NCCC(c1ccccc1)c1ccccn1. The second kappa shape index (κ2) is 10.1. The number of aromatic nitrogens is 3. The van der Waals surface area contributed by atoms with Crippen molar-refractivity contribution in [1.29, 1.82) is 0 Å². The second-order valence-corrected chi connectivity index (χ2v) is 6.38. The third-order valence-electron chi connectivity index (χ3n) is 4.43. The molecule has 3 aromatic rings. The lowest BCUT2D eigenvalue weighted by molar-refractivity contribution is 0.672. The molecule has 0 saturated heterocycles. The molecule has 3 rings (SSSR count). The van der Waals surface area contributed by atoms with Crippen molar-refractivity contribution in [2.24, 2.45) is 10.7 Å². The summed E-state index contributed by atoms with van der Waals surface area (Å²) in [5.41, 5.74) is 9.45. The van der Waals surface area contributed by atoms with Gasteiger partial charge in [0.15, 0.2) is 5.96 Å². The van der Waals surface area contributed by atoms with E-state index < -0.39 is 0 Å². The van der Waals surface area contributed by atoms with Crippen LogP contribution in [0.5, 0.6) is 0 Å². The molecule has 2 heterocycles. The third-order valence-corrected chi connectivity index (χ3v) is 4.43. The van der Waals surface area contributed by atoms with E-state index in [4.69, 9.17) is 5.73 Å². The van der Waals surface area contributed by atoms with E-state index >= 15 is 0 Å². The molecular weight excluding hydrogens is 336 g/mol. The lowest BCUT2D eigenvalue weighted by Crippen LogP contribution is -2.33. The quantitative estimate of drug-likeness (QED) is 0.310. The van der Waals surface area contributed by atoms with Gasteiger partial charge in [-0.3, -0.25) is 9.98 Å². The van der Waals surface area contributed by atoms with Crippen LogP contribution in [-0.4, -0.2) is 34.0 Å². The first-order chi connectivity index (χ1) is 13.3. The minimum absolute atomic E-state index is 0.230. The van der Waals surface area contributed by atoms with E-state index in [-0.39, 0.29) is 5.92 Å². The van der Waals surface area contributed by atoms with E-state index in [0.29, 0.717) is 12.5 Å². The van der Waals surface area contributed by atoms with Gasteiger partial charge in [-0.1, -0.05) is 36.4 Å². The number of aromatic amines is 1. The Balaban J connectivity index is 1.49. The van der Waals surface area contributed by atoms with Gasteiger partial charge in [0.1, 0.15) is 0 Å². The molecule has 0 amide bonds. The highest BCUT2D eigenvalue weighted by Crippen LogP contribution is 2.25. The molecule has 1 unspecified atom stereocenters. The first-order valence-electron chi connectivity index (χ1n) is 9.30. The number of hydrogen-bond donors (Lipinski definition) is 3. The molecule has 6 heteroatoms. The fraction of sp³-hybridized carbons (Fsp3) is 0.286. The van der Waals surface area contributed by atoms with Gasteiger partial charge >= 0.3 is 0 Å². The minimum Gasteiger partial charge on any atom is -0.370 e. The zero-order chi connectivity index (χ0) is 18.7. The average Bonchev–Trinajstić information content (AvgIpc) is 3.23. The van der Waals surface area contributed by atoms with Crippen LogP contribution in [-0.2, 0) is 6.42 Å². The molecule has 0 bridgehead atoms. The van der Waals surface area contributed by atoms with Crippen molar-refractivity contribution in [2.75, 3.05) is 13.1 Å². The summed E-state index contributed by atoms with van der Waals surface area (Å²) < 4.78 is 0. The highest BCUT2D eigenvalue weighted by molar-refractivity contribution is 5.77.